The van der Waals surface area contributed by atoms with Crippen LogP contribution in [0, 0.1) is 10.1 Å². The first-order chi connectivity index (χ1) is 14.0. The highest BCUT2D eigenvalue weighted by atomic mass is 16.6. The van der Waals surface area contributed by atoms with E-state index >= 15 is 0 Å². The number of hydrogen-bond donors (Lipinski definition) is 1. The molecule has 0 fully saturated rings. The summed E-state index contributed by atoms with van der Waals surface area (Å²) in [5, 5.41) is 28.2. The summed E-state index contributed by atoms with van der Waals surface area (Å²) in [6, 6.07) is 14.6. The van der Waals surface area contributed by atoms with E-state index in [0.717, 1.165) is 35.2 Å². The highest BCUT2D eigenvalue weighted by molar-refractivity contribution is 5.88. The third-order valence-electron chi connectivity index (χ3n) is 4.35. The van der Waals surface area contributed by atoms with E-state index < -0.39 is 22.7 Å². The largest absolute Gasteiger partial charge is 0.872 e. The fourth-order valence-corrected chi connectivity index (χ4v) is 2.87. The predicted molar refractivity (Wildman–Crippen MR) is 102 cm³/mol. The normalized spacial score (nSPS) is 15.4. The molecule has 9 heteroatoms. The van der Waals surface area contributed by atoms with Gasteiger partial charge in [0.25, 0.3) is 11.6 Å². The van der Waals surface area contributed by atoms with Crippen LogP contribution in [0.5, 0.6) is 17.2 Å². The summed E-state index contributed by atoms with van der Waals surface area (Å²) in [6.07, 6.45) is 0.121. The van der Waals surface area contributed by atoms with Crippen molar-refractivity contribution in [3.05, 3.63) is 70.3 Å². The van der Waals surface area contributed by atoms with Gasteiger partial charge in [0.15, 0.2) is 11.5 Å². The maximum absolute atomic E-state index is 12.3. The number of carbonyl (C=O) groups excluding carboxylic acids is 1. The molecule has 146 valence electrons. The second-order valence-electron chi connectivity index (χ2n) is 6.28. The summed E-state index contributed by atoms with van der Waals surface area (Å²) in [6.45, 7) is -0.00366. The quantitative estimate of drug-likeness (QED) is 0.412. The van der Waals surface area contributed by atoms with Gasteiger partial charge < -0.3 is 14.6 Å². The number of nitrogens with zero attached hydrogens (tertiary/aromatic N) is 2. The van der Waals surface area contributed by atoms with Crippen LogP contribution in [0.2, 0.25) is 0 Å². The molecule has 9 nitrogen and oxygen atoms in total. The van der Waals surface area contributed by atoms with Crippen molar-refractivity contribution in [1.29, 1.82) is 0 Å². The molecular weight excluding hydrogens is 378 g/mol. The van der Waals surface area contributed by atoms with Crippen molar-refractivity contribution in [2.45, 2.75) is 6.10 Å². The van der Waals surface area contributed by atoms with Gasteiger partial charge in [0.1, 0.15) is 6.61 Å². The van der Waals surface area contributed by atoms with E-state index in [-0.39, 0.29) is 17.9 Å². The Morgan fingerprint density at radius 1 is 1.14 bits per heavy atom. The van der Waals surface area contributed by atoms with Crippen molar-refractivity contribution in [2.75, 3.05) is 6.61 Å². The van der Waals surface area contributed by atoms with E-state index in [0.29, 0.717) is 11.5 Å². The lowest BCUT2D eigenvalue weighted by atomic mass is 10.1. The minimum Gasteiger partial charge on any atom is -0.872 e. The number of hydrazone groups is 1. The first-order valence-corrected chi connectivity index (χ1v) is 8.62. The molecule has 0 bridgehead atoms. The third-order valence-corrected chi connectivity index (χ3v) is 4.35. The Morgan fingerprint density at radius 2 is 1.86 bits per heavy atom. The average molecular weight is 392 g/mol. The van der Waals surface area contributed by atoms with Crippen molar-refractivity contribution in [2.24, 2.45) is 5.10 Å². The monoisotopic (exact) mass is 392 g/mol. The second-order valence-corrected chi connectivity index (χ2v) is 6.28. The molecular formula is C20H14N3O6-. The van der Waals surface area contributed by atoms with Gasteiger partial charge >= 0.3 is 0 Å². The molecule has 3 aromatic carbocycles. The Hall–Kier alpha value is -4.14. The van der Waals surface area contributed by atoms with E-state index in [1.807, 2.05) is 30.3 Å². The minimum absolute atomic E-state index is 0.00366. The molecule has 0 saturated heterocycles. The SMILES string of the molecule is O=C(N/N=C/c1cc([N+](=O)[O-])ccc1[O-])[C@H]1COc2cc3ccccc3cc2O1. The van der Waals surface area contributed by atoms with Crippen LogP contribution < -0.4 is 20.0 Å². The first kappa shape index (κ1) is 18.2. The van der Waals surface area contributed by atoms with Crippen molar-refractivity contribution in [3.8, 4) is 17.2 Å². The number of nitrogens with one attached hydrogen (secondary N) is 1. The van der Waals surface area contributed by atoms with Crippen molar-refractivity contribution >= 4 is 28.6 Å². The lowest BCUT2D eigenvalue weighted by Crippen LogP contribution is -2.42. The van der Waals surface area contributed by atoms with Crippen LogP contribution in [0.4, 0.5) is 5.69 Å². The van der Waals surface area contributed by atoms with Crippen LogP contribution in [0.15, 0.2) is 59.7 Å². The average Bonchev–Trinajstić information content (AvgIpc) is 2.72. The molecule has 29 heavy (non-hydrogen) atoms. The number of hydrogen-bond acceptors (Lipinski definition) is 7. The maximum atomic E-state index is 12.3. The summed E-state index contributed by atoms with van der Waals surface area (Å²) in [5.74, 6) is -0.0342. The fraction of sp³-hybridized carbons (Fsp3) is 0.100. The first-order valence-electron chi connectivity index (χ1n) is 8.62. The van der Waals surface area contributed by atoms with Gasteiger partial charge in [0.05, 0.1) is 11.1 Å². The molecule has 1 aliphatic heterocycles. The van der Waals surface area contributed by atoms with Gasteiger partial charge in [-0.3, -0.25) is 14.9 Å². The van der Waals surface area contributed by atoms with E-state index in [2.05, 4.69) is 10.5 Å². The number of carbonyl (C=O) groups is 1. The van der Waals surface area contributed by atoms with Crippen LogP contribution in [0.1, 0.15) is 5.56 Å². The van der Waals surface area contributed by atoms with Crippen molar-refractivity contribution < 1.29 is 24.3 Å². The number of non-ortho nitro benzene ring substituents is 1. The predicted octanol–water partition coefficient (Wildman–Crippen LogP) is 2.11. The fourth-order valence-electron chi connectivity index (χ4n) is 2.87. The van der Waals surface area contributed by atoms with Gasteiger partial charge in [-0.25, -0.2) is 5.43 Å². The summed E-state index contributed by atoms with van der Waals surface area (Å²) in [5.41, 5.74) is 2.00. The second kappa shape index (κ2) is 7.47. The summed E-state index contributed by atoms with van der Waals surface area (Å²) < 4.78 is 11.3. The molecule has 3 aromatic rings. The molecule has 0 radical (unpaired) electrons. The summed E-state index contributed by atoms with van der Waals surface area (Å²) in [7, 11) is 0. The standard InChI is InChI=1S/C20H15N3O6/c24-16-6-5-15(23(26)27)7-14(16)10-21-22-20(25)19-11-28-17-8-12-3-1-2-4-13(12)9-18(17)29-19/h1-10,19,24H,11H2,(H,22,25)/p-1/b21-10+/t19-/m1/s1. The number of fused-ring (bicyclic) bond motifs is 2. The van der Waals surface area contributed by atoms with Crippen LogP contribution in [-0.2, 0) is 4.79 Å². The summed E-state index contributed by atoms with van der Waals surface area (Å²) in [4.78, 5) is 22.5. The van der Waals surface area contributed by atoms with Gasteiger partial charge in [0, 0.05) is 12.1 Å². The molecule has 0 aliphatic carbocycles. The van der Waals surface area contributed by atoms with Gasteiger partial charge in [-0.15, -0.1) is 0 Å². The van der Waals surface area contributed by atoms with E-state index in [1.165, 1.54) is 0 Å². The molecule has 0 unspecified atom stereocenters. The molecule has 4 rings (SSSR count). The number of nitro groups is 1. The van der Waals surface area contributed by atoms with E-state index in [4.69, 9.17) is 9.47 Å². The number of ether oxygens (including phenoxy) is 2. The minimum atomic E-state index is -0.933. The molecule has 1 atom stereocenters. The number of rotatable bonds is 4. The Bertz CT molecular complexity index is 1140. The van der Waals surface area contributed by atoms with Crippen LogP contribution >= 0.6 is 0 Å². The van der Waals surface area contributed by atoms with Crippen molar-refractivity contribution in [3.63, 3.8) is 0 Å². The molecule has 1 amide bonds. The molecule has 0 spiro atoms. The van der Waals surface area contributed by atoms with Crippen LogP contribution in [0.25, 0.3) is 10.8 Å². The number of nitro benzene ring substituents is 1. The number of benzene rings is 3. The zero-order valence-electron chi connectivity index (χ0n) is 14.9. The van der Waals surface area contributed by atoms with E-state index in [1.54, 1.807) is 6.07 Å². The lowest BCUT2D eigenvalue weighted by Gasteiger charge is -2.25. The Balaban J connectivity index is 1.45. The zero-order chi connectivity index (χ0) is 20.4. The van der Waals surface area contributed by atoms with Crippen molar-refractivity contribution in [1.82, 2.24) is 5.43 Å². The van der Waals surface area contributed by atoms with Crippen LogP contribution in [0.3, 0.4) is 0 Å². The van der Waals surface area contributed by atoms with Gasteiger partial charge in [-0.1, -0.05) is 36.1 Å². The maximum Gasteiger partial charge on any atom is 0.284 e. The molecule has 1 N–H and O–H groups in total. The van der Waals surface area contributed by atoms with E-state index in [9.17, 15) is 20.0 Å². The number of amides is 1. The Labute approximate surface area is 164 Å². The zero-order valence-corrected chi connectivity index (χ0v) is 14.9. The highest BCUT2D eigenvalue weighted by Crippen LogP contribution is 2.35. The molecule has 1 aliphatic rings. The Kier molecular flexibility index (Phi) is 4.70. The third kappa shape index (κ3) is 3.79. The molecule has 0 aromatic heterocycles. The topological polar surface area (TPSA) is 126 Å². The summed E-state index contributed by atoms with van der Waals surface area (Å²) >= 11 is 0. The molecule has 0 saturated carbocycles. The highest BCUT2D eigenvalue weighted by Gasteiger charge is 2.27. The van der Waals surface area contributed by atoms with Gasteiger partial charge in [-0.2, -0.15) is 5.10 Å². The van der Waals surface area contributed by atoms with Gasteiger partial charge in [-0.05, 0) is 28.5 Å². The van der Waals surface area contributed by atoms with Gasteiger partial charge in [0.2, 0.25) is 6.10 Å². The Morgan fingerprint density at radius 3 is 2.59 bits per heavy atom. The molecule has 1 heterocycles. The lowest BCUT2D eigenvalue weighted by molar-refractivity contribution is -0.385. The smallest absolute Gasteiger partial charge is 0.284 e. The van der Waals surface area contributed by atoms with Crippen LogP contribution in [-0.4, -0.2) is 29.8 Å².